The number of benzene rings is 1. The third-order valence-corrected chi connectivity index (χ3v) is 3.73. The Morgan fingerprint density at radius 2 is 1.68 bits per heavy atom. The number of aliphatic hydroxyl groups is 1. The molecule has 0 fully saturated rings. The van der Waals surface area contributed by atoms with Crippen molar-refractivity contribution in [2.45, 2.75) is 70.5 Å². The van der Waals surface area contributed by atoms with E-state index in [-0.39, 0.29) is 0 Å². The van der Waals surface area contributed by atoms with E-state index in [1.165, 1.54) is 0 Å². The fourth-order valence-corrected chi connectivity index (χ4v) is 2.50. The minimum Gasteiger partial charge on any atom is -0.444 e. The van der Waals surface area contributed by atoms with Gasteiger partial charge in [-0.05, 0) is 32.8 Å². The van der Waals surface area contributed by atoms with Gasteiger partial charge in [0.2, 0.25) is 0 Å². The Morgan fingerprint density at radius 1 is 1.11 bits per heavy atom. The van der Waals surface area contributed by atoms with Gasteiger partial charge >= 0.3 is 12.3 Å². The molecule has 0 saturated carbocycles. The van der Waals surface area contributed by atoms with Crippen LogP contribution in [0.4, 0.5) is 18.0 Å². The highest BCUT2D eigenvalue weighted by Gasteiger charge is 2.39. The lowest BCUT2D eigenvalue weighted by atomic mass is 10.0. The second-order valence-electron chi connectivity index (χ2n) is 7.40. The van der Waals surface area contributed by atoms with E-state index in [4.69, 9.17) is 4.74 Å². The molecule has 3 atom stereocenters. The normalized spacial score (nSPS) is 15.3. The van der Waals surface area contributed by atoms with E-state index in [2.05, 4.69) is 5.32 Å². The molecule has 0 bridgehead atoms. The number of rotatable bonds is 7. The van der Waals surface area contributed by atoms with Crippen LogP contribution in [0.3, 0.4) is 0 Å². The third-order valence-electron chi connectivity index (χ3n) is 3.73. The van der Waals surface area contributed by atoms with Crippen LogP contribution in [0.25, 0.3) is 0 Å². The summed E-state index contributed by atoms with van der Waals surface area (Å²) in [6.45, 7) is 6.41. The van der Waals surface area contributed by atoms with E-state index in [1.807, 2.05) is 5.32 Å². The Hall–Kier alpha value is -2.29. The number of hydrogen-bond acceptors (Lipinski definition) is 4. The van der Waals surface area contributed by atoms with Crippen LogP contribution in [0, 0.1) is 0 Å². The van der Waals surface area contributed by atoms with Crippen molar-refractivity contribution in [1.29, 1.82) is 0 Å². The number of amides is 2. The topological polar surface area (TPSA) is 87.7 Å². The van der Waals surface area contributed by atoms with Gasteiger partial charge < -0.3 is 20.5 Å². The van der Waals surface area contributed by atoms with Crippen molar-refractivity contribution < 1.29 is 32.6 Å². The monoisotopic (exact) mass is 404 g/mol. The molecule has 9 heteroatoms. The molecule has 3 N–H and O–H groups in total. The molecule has 2 amide bonds. The van der Waals surface area contributed by atoms with Crippen LogP contribution < -0.4 is 10.6 Å². The number of halogens is 3. The molecule has 1 aromatic rings. The zero-order valence-corrected chi connectivity index (χ0v) is 16.3. The Balaban J connectivity index is 2.89. The molecule has 0 spiro atoms. The van der Waals surface area contributed by atoms with Gasteiger partial charge in [-0.2, -0.15) is 13.2 Å². The first-order chi connectivity index (χ1) is 12.8. The lowest BCUT2D eigenvalue weighted by molar-refractivity contribution is -0.151. The third kappa shape index (κ3) is 8.60. The largest absolute Gasteiger partial charge is 0.444 e. The van der Waals surface area contributed by atoms with Crippen molar-refractivity contribution in [3.63, 3.8) is 0 Å². The number of alkyl halides is 3. The van der Waals surface area contributed by atoms with E-state index < -0.39 is 48.4 Å². The fourth-order valence-electron chi connectivity index (χ4n) is 2.50. The Bertz CT molecular complexity index is 645. The van der Waals surface area contributed by atoms with Gasteiger partial charge in [0, 0.05) is 0 Å². The zero-order chi connectivity index (χ0) is 21.5. The van der Waals surface area contributed by atoms with Gasteiger partial charge in [-0.3, -0.25) is 4.79 Å². The van der Waals surface area contributed by atoms with Gasteiger partial charge in [-0.1, -0.05) is 37.3 Å². The van der Waals surface area contributed by atoms with E-state index in [0.29, 0.717) is 6.42 Å². The van der Waals surface area contributed by atoms with Crippen LogP contribution in [-0.4, -0.2) is 41.0 Å². The number of hydrogen-bond donors (Lipinski definition) is 3. The van der Waals surface area contributed by atoms with Gasteiger partial charge in [0.25, 0.3) is 5.91 Å². The van der Waals surface area contributed by atoms with Gasteiger partial charge in [-0.25, -0.2) is 4.79 Å². The molecular formula is C19H27F3N2O4. The van der Waals surface area contributed by atoms with E-state index in [0.717, 1.165) is 5.56 Å². The van der Waals surface area contributed by atoms with Crippen LogP contribution >= 0.6 is 0 Å². The van der Waals surface area contributed by atoms with E-state index >= 15 is 0 Å². The van der Waals surface area contributed by atoms with Gasteiger partial charge in [0.1, 0.15) is 5.60 Å². The van der Waals surface area contributed by atoms with Crippen molar-refractivity contribution in [2.24, 2.45) is 0 Å². The summed E-state index contributed by atoms with van der Waals surface area (Å²) >= 11 is 0. The SMILES string of the molecule is CC[C@H](NC(=O)C(O)C(CC(F)(F)F)NC(=O)OC(C)(C)C)c1ccccc1. The Kier molecular flexibility index (Phi) is 8.29. The van der Waals surface area contributed by atoms with Gasteiger partial charge in [0.15, 0.2) is 6.10 Å². The molecule has 28 heavy (non-hydrogen) atoms. The Morgan fingerprint density at radius 3 is 2.14 bits per heavy atom. The van der Waals surface area contributed by atoms with Crippen molar-refractivity contribution in [3.8, 4) is 0 Å². The zero-order valence-electron chi connectivity index (χ0n) is 16.3. The van der Waals surface area contributed by atoms with Crippen molar-refractivity contribution in [3.05, 3.63) is 35.9 Å². The summed E-state index contributed by atoms with van der Waals surface area (Å²) in [5.41, 5.74) is -0.196. The molecular weight excluding hydrogens is 377 g/mol. The molecule has 6 nitrogen and oxygen atoms in total. The molecule has 2 unspecified atom stereocenters. The first-order valence-electron chi connectivity index (χ1n) is 8.92. The van der Waals surface area contributed by atoms with Crippen LogP contribution in [0.15, 0.2) is 30.3 Å². The summed E-state index contributed by atoms with van der Waals surface area (Å²) in [6, 6.07) is 6.45. The lowest BCUT2D eigenvalue weighted by Gasteiger charge is -2.28. The molecule has 1 rings (SSSR count). The van der Waals surface area contributed by atoms with E-state index in [9.17, 15) is 27.9 Å². The van der Waals surface area contributed by atoms with Gasteiger partial charge in [-0.15, -0.1) is 0 Å². The molecule has 1 aromatic carbocycles. The number of carbonyl (C=O) groups is 2. The number of nitrogens with one attached hydrogen (secondary N) is 2. The number of aliphatic hydroxyl groups excluding tert-OH is 1. The predicted octanol–water partition coefficient (Wildman–Crippen LogP) is 3.46. The summed E-state index contributed by atoms with van der Waals surface area (Å²) in [4.78, 5) is 24.2. The first-order valence-corrected chi connectivity index (χ1v) is 8.92. The second-order valence-corrected chi connectivity index (χ2v) is 7.40. The maximum Gasteiger partial charge on any atom is 0.407 e. The summed E-state index contributed by atoms with van der Waals surface area (Å²) < 4.78 is 43.6. The van der Waals surface area contributed by atoms with Gasteiger partial charge in [0.05, 0.1) is 18.5 Å². The molecule has 0 aliphatic rings. The minimum atomic E-state index is -4.70. The van der Waals surface area contributed by atoms with Crippen molar-refractivity contribution in [2.75, 3.05) is 0 Å². The highest BCUT2D eigenvalue weighted by atomic mass is 19.4. The molecule has 0 aliphatic heterocycles. The average Bonchev–Trinajstić information content (AvgIpc) is 2.56. The maximum atomic E-state index is 12.9. The summed E-state index contributed by atoms with van der Waals surface area (Å²) in [7, 11) is 0. The van der Waals surface area contributed by atoms with Crippen molar-refractivity contribution in [1.82, 2.24) is 10.6 Å². The van der Waals surface area contributed by atoms with Crippen LogP contribution in [-0.2, 0) is 9.53 Å². The highest BCUT2D eigenvalue weighted by Crippen LogP contribution is 2.24. The van der Waals surface area contributed by atoms with Crippen LogP contribution in [0.1, 0.15) is 52.1 Å². The molecule has 0 aliphatic carbocycles. The number of alkyl carbamates (subject to hydrolysis) is 1. The van der Waals surface area contributed by atoms with Crippen molar-refractivity contribution >= 4 is 12.0 Å². The minimum absolute atomic E-state index is 0.464. The smallest absolute Gasteiger partial charge is 0.407 e. The summed E-state index contributed by atoms with van der Waals surface area (Å²) in [5, 5.41) is 14.7. The lowest BCUT2D eigenvalue weighted by Crippen LogP contribution is -2.53. The molecule has 0 radical (unpaired) electrons. The summed E-state index contributed by atoms with van der Waals surface area (Å²) in [5.74, 6) is -1.01. The summed E-state index contributed by atoms with van der Waals surface area (Å²) in [6.07, 6.45) is -9.07. The standard InChI is InChI=1S/C19H27F3N2O4/c1-5-13(12-9-7-6-8-10-12)23-16(26)15(25)14(11-19(20,21)22)24-17(27)28-18(2,3)4/h6-10,13-15,25H,5,11H2,1-4H3,(H,23,26)(H,24,27)/t13-,14?,15?/m0/s1. The second kappa shape index (κ2) is 9.77. The molecule has 0 aromatic heterocycles. The predicted molar refractivity (Wildman–Crippen MR) is 97.5 cm³/mol. The van der Waals surface area contributed by atoms with E-state index in [1.54, 1.807) is 58.0 Å². The first kappa shape index (κ1) is 23.7. The maximum absolute atomic E-state index is 12.9. The highest BCUT2D eigenvalue weighted by molar-refractivity contribution is 5.82. The Labute approximate surface area is 162 Å². The molecule has 0 saturated heterocycles. The fraction of sp³-hybridized carbons (Fsp3) is 0.579. The average molecular weight is 404 g/mol. The molecule has 158 valence electrons. The number of carbonyl (C=O) groups excluding carboxylic acids is 2. The molecule has 0 heterocycles. The quantitative estimate of drug-likeness (QED) is 0.650. The number of ether oxygens (including phenoxy) is 1. The van der Waals surface area contributed by atoms with Crippen LogP contribution in [0.5, 0.6) is 0 Å². The van der Waals surface area contributed by atoms with Crippen LogP contribution in [0.2, 0.25) is 0 Å².